The lowest BCUT2D eigenvalue weighted by Crippen LogP contribution is -2.16. The Morgan fingerprint density at radius 3 is 2.58 bits per heavy atom. The fraction of sp³-hybridized carbons (Fsp3) is 0.300. The van der Waals surface area contributed by atoms with Crippen LogP contribution in [0.1, 0.15) is 19.4 Å². The van der Waals surface area contributed by atoms with Crippen LogP contribution in [0.3, 0.4) is 0 Å². The molecule has 0 spiro atoms. The number of nitriles is 1. The monoisotopic (exact) mass is 157 g/mol. The Hall–Kier alpha value is -1.23. The summed E-state index contributed by atoms with van der Waals surface area (Å²) in [6, 6.07) is 10.4. The molecule has 0 radical (unpaired) electrons. The number of rotatable bonds is 1. The first-order valence-corrected chi connectivity index (χ1v) is 4.04. The van der Waals surface area contributed by atoms with E-state index in [1.807, 2.05) is 39.9 Å². The smallest absolute Gasteiger partial charge is 0.139 e. The van der Waals surface area contributed by atoms with E-state index in [9.17, 15) is 0 Å². The van der Waals surface area contributed by atoms with Crippen LogP contribution in [0.15, 0.2) is 24.3 Å². The van der Waals surface area contributed by atoms with Gasteiger partial charge in [-0.25, -0.2) is 0 Å². The Labute approximate surface area is 74.4 Å². The summed E-state index contributed by atoms with van der Waals surface area (Å²) < 4.78 is 0. The van der Waals surface area contributed by atoms with Crippen LogP contribution in [0.5, 0.6) is 0 Å². The average molecular weight is 157 g/mol. The Kier molecular flexibility index (Phi) is 2.24. The largest absolute Gasteiger partial charge is 0.197 e. The number of nitrogens with zero attached hydrogens (tertiary/aromatic N) is 1. The molecule has 0 amide bonds. The van der Waals surface area contributed by atoms with Crippen LogP contribution < -0.4 is 5.46 Å². The highest BCUT2D eigenvalue weighted by molar-refractivity contribution is 6.32. The van der Waals surface area contributed by atoms with Crippen LogP contribution in [0.25, 0.3) is 0 Å². The molecule has 60 valence electrons. The molecule has 12 heavy (non-hydrogen) atoms. The average Bonchev–Trinajstić information content (AvgIpc) is 2.05. The van der Waals surface area contributed by atoms with Crippen molar-refractivity contribution < 1.29 is 0 Å². The lowest BCUT2D eigenvalue weighted by molar-refractivity contribution is 0.687. The SMILES string of the molecule is Bc1cccc(C(C)(C)C#N)c1. The van der Waals surface area contributed by atoms with Crippen LogP contribution >= 0.6 is 0 Å². The van der Waals surface area contributed by atoms with E-state index in [1.54, 1.807) is 0 Å². The van der Waals surface area contributed by atoms with Gasteiger partial charge in [-0.2, -0.15) is 5.26 Å². The van der Waals surface area contributed by atoms with Crippen molar-refractivity contribution in [3.05, 3.63) is 29.8 Å². The fourth-order valence-electron chi connectivity index (χ4n) is 1.10. The molecule has 2 heteroatoms. The maximum atomic E-state index is 8.89. The van der Waals surface area contributed by atoms with Crippen molar-refractivity contribution in [1.29, 1.82) is 5.26 Å². The minimum atomic E-state index is -0.369. The van der Waals surface area contributed by atoms with Crippen LogP contribution in [0.4, 0.5) is 0 Å². The van der Waals surface area contributed by atoms with Crippen molar-refractivity contribution in [2.75, 3.05) is 0 Å². The zero-order chi connectivity index (χ0) is 9.19. The molecule has 0 aromatic heterocycles. The third-order valence-corrected chi connectivity index (χ3v) is 2.02. The first-order valence-electron chi connectivity index (χ1n) is 4.04. The van der Waals surface area contributed by atoms with Gasteiger partial charge in [-0.05, 0) is 19.4 Å². The Morgan fingerprint density at radius 2 is 2.08 bits per heavy atom. The molecule has 1 rings (SSSR count). The fourth-order valence-corrected chi connectivity index (χ4v) is 1.10. The summed E-state index contributed by atoms with van der Waals surface area (Å²) in [4.78, 5) is 0. The molecule has 0 aliphatic rings. The van der Waals surface area contributed by atoms with Gasteiger partial charge in [-0.1, -0.05) is 29.7 Å². The topological polar surface area (TPSA) is 23.8 Å². The second-order valence-electron chi connectivity index (χ2n) is 3.61. The van der Waals surface area contributed by atoms with E-state index in [2.05, 4.69) is 12.1 Å². The molecule has 0 aliphatic heterocycles. The normalized spacial score (nSPS) is 10.8. The molecule has 0 fully saturated rings. The number of benzene rings is 1. The molecule has 0 heterocycles. The lowest BCUT2D eigenvalue weighted by atomic mass is 9.83. The lowest BCUT2D eigenvalue weighted by Gasteiger charge is -2.15. The van der Waals surface area contributed by atoms with E-state index in [0.717, 1.165) is 5.56 Å². The van der Waals surface area contributed by atoms with E-state index in [0.29, 0.717) is 0 Å². The van der Waals surface area contributed by atoms with Crippen molar-refractivity contribution in [3.8, 4) is 6.07 Å². The summed E-state index contributed by atoms with van der Waals surface area (Å²) in [5.74, 6) is 0. The molecular weight excluding hydrogens is 145 g/mol. The molecular formula is C10H12BN. The van der Waals surface area contributed by atoms with E-state index in [-0.39, 0.29) is 5.41 Å². The van der Waals surface area contributed by atoms with Crippen molar-refractivity contribution >= 4 is 13.3 Å². The highest BCUT2D eigenvalue weighted by Gasteiger charge is 2.18. The van der Waals surface area contributed by atoms with Gasteiger partial charge in [0.25, 0.3) is 0 Å². The molecule has 1 nitrogen and oxygen atoms in total. The van der Waals surface area contributed by atoms with Gasteiger partial charge in [-0.15, -0.1) is 0 Å². The van der Waals surface area contributed by atoms with Crippen molar-refractivity contribution in [3.63, 3.8) is 0 Å². The van der Waals surface area contributed by atoms with Gasteiger partial charge in [-0.3, -0.25) is 0 Å². The van der Waals surface area contributed by atoms with Crippen molar-refractivity contribution in [2.45, 2.75) is 19.3 Å². The Morgan fingerprint density at radius 1 is 1.42 bits per heavy atom. The summed E-state index contributed by atoms with van der Waals surface area (Å²) >= 11 is 0. The highest BCUT2D eigenvalue weighted by Crippen LogP contribution is 2.20. The maximum Gasteiger partial charge on any atom is 0.139 e. The predicted octanol–water partition coefficient (Wildman–Crippen LogP) is 0.746. The Balaban J connectivity index is 3.14. The van der Waals surface area contributed by atoms with Gasteiger partial charge in [0.1, 0.15) is 7.85 Å². The summed E-state index contributed by atoms with van der Waals surface area (Å²) in [5, 5.41) is 8.89. The van der Waals surface area contributed by atoms with Gasteiger partial charge in [0.05, 0.1) is 11.5 Å². The van der Waals surface area contributed by atoms with Crippen LogP contribution in [0.2, 0.25) is 0 Å². The van der Waals surface area contributed by atoms with Crippen molar-refractivity contribution in [1.82, 2.24) is 0 Å². The quantitative estimate of drug-likeness (QED) is 0.551. The molecule has 0 bridgehead atoms. The predicted molar refractivity (Wildman–Crippen MR) is 53.3 cm³/mol. The summed E-state index contributed by atoms with van der Waals surface area (Å²) in [6.07, 6.45) is 0. The van der Waals surface area contributed by atoms with Crippen LogP contribution in [0, 0.1) is 11.3 Å². The standard InChI is InChI=1S/C10H12BN/c1-10(2,7-12)8-4-3-5-9(11)6-8/h3-6H,11H2,1-2H3. The molecule has 1 aromatic carbocycles. The molecule has 0 saturated carbocycles. The summed E-state index contributed by atoms with van der Waals surface area (Å²) in [7, 11) is 2.04. The first kappa shape index (κ1) is 8.87. The first-order chi connectivity index (χ1) is 5.56. The van der Waals surface area contributed by atoms with E-state index >= 15 is 0 Å². The minimum absolute atomic E-state index is 0.369. The second kappa shape index (κ2) is 3.02. The van der Waals surface area contributed by atoms with Gasteiger partial charge in [0.15, 0.2) is 0 Å². The molecule has 1 aromatic rings. The van der Waals surface area contributed by atoms with E-state index in [1.165, 1.54) is 5.46 Å². The van der Waals surface area contributed by atoms with Gasteiger partial charge >= 0.3 is 0 Å². The van der Waals surface area contributed by atoms with E-state index < -0.39 is 0 Å². The van der Waals surface area contributed by atoms with Crippen molar-refractivity contribution in [2.24, 2.45) is 0 Å². The number of hydrogen-bond acceptors (Lipinski definition) is 1. The zero-order valence-corrected chi connectivity index (χ0v) is 7.76. The molecule has 0 aliphatic carbocycles. The molecule has 0 N–H and O–H groups in total. The van der Waals surface area contributed by atoms with E-state index in [4.69, 9.17) is 5.26 Å². The third kappa shape index (κ3) is 1.68. The Bertz CT molecular complexity index is 323. The highest BCUT2D eigenvalue weighted by atomic mass is 14.3. The van der Waals surface area contributed by atoms with Gasteiger partial charge < -0.3 is 0 Å². The minimum Gasteiger partial charge on any atom is -0.197 e. The summed E-state index contributed by atoms with van der Waals surface area (Å²) in [5.41, 5.74) is 1.92. The zero-order valence-electron chi connectivity index (χ0n) is 7.76. The maximum absolute atomic E-state index is 8.89. The summed E-state index contributed by atoms with van der Waals surface area (Å²) in [6.45, 7) is 3.86. The van der Waals surface area contributed by atoms with Crippen LogP contribution in [-0.4, -0.2) is 7.85 Å². The molecule has 0 atom stereocenters. The number of hydrogen-bond donors (Lipinski definition) is 0. The molecule has 0 saturated heterocycles. The second-order valence-corrected chi connectivity index (χ2v) is 3.61. The third-order valence-electron chi connectivity index (χ3n) is 2.02. The van der Waals surface area contributed by atoms with Gasteiger partial charge in [0.2, 0.25) is 0 Å². The van der Waals surface area contributed by atoms with Gasteiger partial charge in [0, 0.05) is 0 Å². The molecule has 0 unspecified atom stereocenters. The van der Waals surface area contributed by atoms with Crippen LogP contribution in [-0.2, 0) is 5.41 Å².